The van der Waals surface area contributed by atoms with Crippen LogP contribution in [0.4, 0.5) is 17.2 Å². The van der Waals surface area contributed by atoms with Gasteiger partial charge in [-0.3, -0.25) is 4.79 Å². The van der Waals surface area contributed by atoms with Crippen molar-refractivity contribution >= 4 is 28.7 Å². The van der Waals surface area contributed by atoms with Crippen molar-refractivity contribution in [2.45, 2.75) is 13.0 Å². The average molecular weight is 460 g/mol. The van der Waals surface area contributed by atoms with Gasteiger partial charge in [0.05, 0.1) is 18.5 Å². The zero-order chi connectivity index (χ0) is 23.7. The molecule has 1 aliphatic rings. The third-order valence-corrected chi connectivity index (χ3v) is 5.46. The maximum atomic E-state index is 11.4. The minimum Gasteiger partial charge on any atom is -0.493 e. The highest BCUT2D eigenvalue weighted by Gasteiger charge is 2.16. The highest BCUT2D eigenvalue weighted by molar-refractivity contribution is 5.79. The van der Waals surface area contributed by atoms with Crippen LogP contribution >= 0.6 is 0 Å². The van der Waals surface area contributed by atoms with E-state index in [9.17, 15) is 4.79 Å². The Morgan fingerprint density at radius 2 is 2.15 bits per heavy atom. The number of nitrogens with zero attached hydrogens (tertiary/aromatic N) is 3. The van der Waals surface area contributed by atoms with Crippen LogP contribution in [0.5, 0.6) is 17.2 Å². The molecular formula is C24H24N6O4. The Balaban J connectivity index is 1.48. The Hall–Kier alpha value is -4.47. The van der Waals surface area contributed by atoms with Crippen LogP contribution in [0.25, 0.3) is 16.9 Å². The van der Waals surface area contributed by atoms with E-state index in [0.29, 0.717) is 35.3 Å². The first-order chi connectivity index (χ1) is 16.5. The third kappa shape index (κ3) is 4.13. The summed E-state index contributed by atoms with van der Waals surface area (Å²) in [6, 6.07) is 11.2. The smallest absolute Gasteiger partial charge is 0.258 e. The van der Waals surface area contributed by atoms with Crippen molar-refractivity contribution in [3.05, 3.63) is 55.0 Å². The second kappa shape index (κ2) is 8.81. The van der Waals surface area contributed by atoms with Gasteiger partial charge in [0, 0.05) is 42.5 Å². The fraction of sp³-hybridized carbons (Fsp3) is 0.208. The molecule has 1 aliphatic heterocycles. The number of imidazole rings is 1. The van der Waals surface area contributed by atoms with Crippen LogP contribution in [0, 0.1) is 0 Å². The molecule has 0 radical (unpaired) electrons. The molecule has 0 saturated heterocycles. The number of rotatable bonds is 7. The van der Waals surface area contributed by atoms with Gasteiger partial charge in [-0.15, -0.1) is 0 Å². The fourth-order valence-corrected chi connectivity index (χ4v) is 3.68. The summed E-state index contributed by atoms with van der Waals surface area (Å²) in [6.45, 7) is 2.99. The lowest BCUT2D eigenvalue weighted by atomic mass is 10.1. The second-order valence-electron chi connectivity index (χ2n) is 7.77. The zero-order valence-electron chi connectivity index (χ0n) is 18.7. The van der Waals surface area contributed by atoms with Crippen molar-refractivity contribution in [1.29, 1.82) is 0 Å². The highest BCUT2D eigenvalue weighted by atomic mass is 16.5. The molecule has 0 saturated carbocycles. The predicted octanol–water partition coefficient (Wildman–Crippen LogP) is 3.21. The Morgan fingerprint density at radius 3 is 2.97 bits per heavy atom. The summed E-state index contributed by atoms with van der Waals surface area (Å²) in [5, 5.41) is 6.68. The number of ether oxygens (including phenoxy) is 3. The largest absolute Gasteiger partial charge is 0.493 e. The molecule has 4 aromatic rings. The Labute approximate surface area is 195 Å². The molecule has 1 amide bonds. The van der Waals surface area contributed by atoms with Crippen LogP contribution in [0.2, 0.25) is 0 Å². The highest BCUT2D eigenvalue weighted by Crippen LogP contribution is 2.35. The molecule has 4 N–H and O–H groups in total. The van der Waals surface area contributed by atoms with Crippen molar-refractivity contribution in [2.24, 2.45) is 5.73 Å². The van der Waals surface area contributed by atoms with E-state index in [0.717, 1.165) is 29.2 Å². The quantitative estimate of drug-likeness (QED) is 0.384. The molecule has 10 heteroatoms. The molecule has 0 fully saturated rings. The topological polar surface area (TPSA) is 125 Å². The average Bonchev–Trinajstić information content (AvgIpc) is 3.33. The SMILES string of the molecule is COc1cc(Nc2nc(-c3ccc4c(c3)NCCO4)cn3ccnc23)ccc1OC(C)C(N)=O. The normalized spacial score (nSPS) is 13.4. The summed E-state index contributed by atoms with van der Waals surface area (Å²) in [5.41, 5.74) is 9.34. The number of fused-ring (bicyclic) bond motifs is 2. The van der Waals surface area contributed by atoms with Gasteiger partial charge in [-0.25, -0.2) is 9.97 Å². The molecule has 0 spiro atoms. The van der Waals surface area contributed by atoms with Gasteiger partial charge >= 0.3 is 0 Å². The van der Waals surface area contributed by atoms with Gasteiger partial charge in [-0.2, -0.15) is 0 Å². The number of carbonyl (C=O) groups is 1. The van der Waals surface area contributed by atoms with Crippen LogP contribution in [-0.4, -0.2) is 46.6 Å². The molecule has 174 valence electrons. The van der Waals surface area contributed by atoms with E-state index in [-0.39, 0.29) is 0 Å². The van der Waals surface area contributed by atoms with Gasteiger partial charge in [0.15, 0.2) is 29.1 Å². The van der Waals surface area contributed by atoms with Crippen LogP contribution in [-0.2, 0) is 4.79 Å². The van der Waals surface area contributed by atoms with Gasteiger partial charge in [-0.05, 0) is 37.3 Å². The van der Waals surface area contributed by atoms with Gasteiger partial charge < -0.3 is 35.0 Å². The molecule has 0 aliphatic carbocycles. The molecule has 34 heavy (non-hydrogen) atoms. The number of nitrogens with one attached hydrogen (secondary N) is 2. The number of nitrogens with two attached hydrogens (primary N) is 1. The molecular weight excluding hydrogens is 436 g/mol. The van der Waals surface area contributed by atoms with E-state index in [4.69, 9.17) is 24.9 Å². The van der Waals surface area contributed by atoms with Crippen LogP contribution in [0.15, 0.2) is 55.0 Å². The van der Waals surface area contributed by atoms with E-state index in [1.165, 1.54) is 7.11 Å². The van der Waals surface area contributed by atoms with Gasteiger partial charge in [0.1, 0.15) is 12.4 Å². The Morgan fingerprint density at radius 1 is 1.26 bits per heavy atom. The van der Waals surface area contributed by atoms with Crippen molar-refractivity contribution in [2.75, 3.05) is 30.9 Å². The standard InChI is InChI=1S/C24H24N6O4/c1-14(22(25)31)34-20-6-4-16(12-21(20)32-2)28-23-24-27-7-9-30(24)13-18(29-23)15-3-5-19-17(11-15)26-8-10-33-19/h3-7,9,11-14,26H,8,10H2,1-2H3,(H2,25,31)(H,28,29). The summed E-state index contributed by atoms with van der Waals surface area (Å²) < 4.78 is 18.7. The summed E-state index contributed by atoms with van der Waals surface area (Å²) in [4.78, 5) is 20.6. The lowest BCUT2D eigenvalue weighted by Gasteiger charge is -2.20. The fourth-order valence-electron chi connectivity index (χ4n) is 3.68. The van der Waals surface area contributed by atoms with Crippen LogP contribution < -0.4 is 30.6 Å². The monoisotopic (exact) mass is 460 g/mol. The molecule has 5 rings (SSSR count). The zero-order valence-corrected chi connectivity index (χ0v) is 18.7. The second-order valence-corrected chi connectivity index (χ2v) is 7.77. The van der Waals surface area contributed by atoms with Gasteiger partial charge in [-0.1, -0.05) is 0 Å². The number of amides is 1. The number of benzene rings is 2. The summed E-state index contributed by atoms with van der Waals surface area (Å²) >= 11 is 0. The van der Waals surface area contributed by atoms with Crippen molar-refractivity contribution in [3.8, 4) is 28.5 Å². The maximum absolute atomic E-state index is 11.4. The predicted molar refractivity (Wildman–Crippen MR) is 128 cm³/mol. The number of hydrogen-bond acceptors (Lipinski definition) is 8. The molecule has 0 bridgehead atoms. The summed E-state index contributed by atoms with van der Waals surface area (Å²) in [5.74, 6) is 1.71. The number of carbonyl (C=O) groups excluding carboxylic acids is 1. The minimum atomic E-state index is -0.785. The summed E-state index contributed by atoms with van der Waals surface area (Å²) in [6.07, 6.45) is 4.74. The molecule has 10 nitrogen and oxygen atoms in total. The molecule has 1 unspecified atom stereocenters. The Kier molecular flexibility index (Phi) is 5.54. The number of aromatic nitrogens is 3. The van der Waals surface area contributed by atoms with E-state index in [1.807, 2.05) is 35.0 Å². The number of anilines is 3. The number of hydrogen-bond donors (Lipinski definition) is 3. The molecule has 1 atom stereocenters. The lowest BCUT2D eigenvalue weighted by Crippen LogP contribution is -2.30. The first-order valence-electron chi connectivity index (χ1n) is 10.8. The van der Waals surface area contributed by atoms with Gasteiger partial charge in [0.25, 0.3) is 5.91 Å². The molecule has 2 aromatic carbocycles. The van der Waals surface area contributed by atoms with Gasteiger partial charge in [0.2, 0.25) is 0 Å². The van der Waals surface area contributed by atoms with E-state index in [1.54, 1.807) is 31.3 Å². The third-order valence-electron chi connectivity index (χ3n) is 5.46. The lowest BCUT2D eigenvalue weighted by molar-refractivity contribution is -0.124. The van der Waals surface area contributed by atoms with Crippen molar-refractivity contribution in [1.82, 2.24) is 14.4 Å². The van der Waals surface area contributed by atoms with E-state index in [2.05, 4.69) is 15.6 Å². The van der Waals surface area contributed by atoms with E-state index >= 15 is 0 Å². The molecule has 2 aromatic heterocycles. The summed E-state index contributed by atoms with van der Waals surface area (Å²) in [7, 11) is 1.53. The van der Waals surface area contributed by atoms with E-state index < -0.39 is 12.0 Å². The minimum absolute atomic E-state index is 0.413. The van der Waals surface area contributed by atoms with Crippen molar-refractivity contribution < 1.29 is 19.0 Å². The number of methoxy groups -OCH3 is 1. The van der Waals surface area contributed by atoms with Crippen LogP contribution in [0.1, 0.15) is 6.92 Å². The number of primary amides is 1. The first-order valence-corrected chi connectivity index (χ1v) is 10.8. The van der Waals surface area contributed by atoms with Crippen LogP contribution in [0.3, 0.4) is 0 Å². The molecule has 3 heterocycles. The maximum Gasteiger partial charge on any atom is 0.258 e. The first kappa shape index (κ1) is 21.4. The Bertz CT molecular complexity index is 1370. The van der Waals surface area contributed by atoms with Crippen molar-refractivity contribution in [3.63, 3.8) is 0 Å².